The fraction of sp³-hybridized carbons (Fsp3) is 0.207. The number of ether oxygens (including phenoxy) is 2. The van der Waals surface area contributed by atoms with Gasteiger partial charge in [0.25, 0.3) is 0 Å². The predicted octanol–water partition coefficient (Wildman–Crippen LogP) is 7.52. The van der Waals surface area contributed by atoms with Gasteiger partial charge in [0, 0.05) is 6.21 Å². The Bertz CT molecular complexity index is 1310. The summed E-state index contributed by atoms with van der Waals surface area (Å²) >= 11 is 0. The van der Waals surface area contributed by atoms with Gasteiger partial charge in [-0.25, -0.2) is 0 Å². The highest BCUT2D eigenvalue weighted by Gasteiger charge is 2.24. The maximum Gasteiger partial charge on any atom is 0.161 e. The van der Waals surface area contributed by atoms with Gasteiger partial charge in [0.15, 0.2) is 11.5 Å². The van der Waals surface area contributed by atoms with E-state index in [1.54, 1.807) is 14.2 Å². The quantitative estimate of drug-likeness (QED) is 0.341. The molecule has 0 bridgehead atoms. The maximum atomic E-state index is 5.50. The van der Waals surface area contributed by atoms with Crippen molar-refractivity contribution in [2.24, 2.45) is 4.99 Å². The van der Waals surface area contributed by atoms with Crippen molar-refractivity contribution in [2.45, 2.75) is 25.2 Å². The van der Waals surface area contributed by atoms with Crippen LogP contribution in [0, 0.1) is 0 Å². The zero-order valence-corrected chi connectivity index (χ0v) is 18.7. The SMILES string of the molecule is COc1cc2ccc(-c3cccc(C4CC=Nc5ccccc5C4C)c3)cc2cc1OC. The molecule has 0 spiro atoms. The molecule has 3 heteroatoms. The van der Waals surface area contributed by atoms with Crippen molar-refractivity contribution in [3.05, 3.63) is 90.0 Å². The van der Waals surface area contributed by atoms with Crippen molar-refractivity contribution in [3.63, 3.8) is 0 Å². The zero-order chi connectivity index (χ0) is 22.1. The van der Waals surface area contributed by atoms with Crippen LogP contribution >= 0.6 is 0 Å². The minimum Gasteiger partial charge on any atom is -0.493 e. The number of para-hydroxylation sites is 1. The molecular weight excluding hydrogens is 394 g/mol. The number of aliphatic imine (C=N–C) groups is 1. The van der Waals surface area contributed by atoms with E-state index in [4.69, 9.17) is 14.5 Å². The predicted molar refractivity (Wildman–Crippen MR) is 133 cm³/mol. The van der Waals surface area contributed by atoms with Gasteiger partial charge in [-0.15, -0.1) is 0 Å². The second-order valence-corrected chi connectivity index (χ2v) is 8.40. The molecule has 4 aromatic rings. The molecule has 1 heterocycles. The van der Waals surface area contributed by atoms with Crippen molar-refractivity contribution < 1.29 is 9.47 Å². The van der Waals surface area contributed by atoms with Crippen LogP contribution in [0.3, 0.4) is 0 Å². The van der Waals surface area contributed by atoms with Crippen LogP contribution in [0.5, 0.6) is 11.5 Å². The molecule has 160 valence electrons. The van der Waals surface area contributed by atoms with Crippen LogP contribution in [0.15, 0.2) is 83.9 Å². The lowest BCUT2D eigenvalue weighted by atomic mass is 9.80. The van der Waals surface area contributed by atoms with Gasteiger partial charge < -0.3 is 9.47 Å². The minimum absolute atomic E-state index is 0.396. The van der Waals surface area contributed by atoms with E-state index in [0.29, 0.717) is 11.8 Å². The lowest BCUT2D eigenvalue weighted by molar-refractivity contribution is 0.356. The van der Waals surface area contributed by atoms with E-state index in [2.05, 4.69) is 79.9 Å². The number of hydrogen-bond donors (Lipinski definition) is 0. The first kappa shape index (κ1) is 20.3. The Morgan fingerprint density at radius 3 is 2.31 bits per heavy atom. The first-order chi connectivity index (χ1) is 15.7. The fourth-order valence-electron chi connectivity index (χ4n) is 4.80. The van der Waals surface area contributed by atoms with E-state index in [-0.39, 0.29) is 0 Å². The lowest BCUT2D eigenvalue weighted by Gasteiger charge is -2.23. The van der Waals surface area contributed by atoms with Gasteiger partial charge in [0.05, 0.1) is 19.9 Å². The number of hydrogen-bond acceptors (Lipinski definition) is 3. The average molecular weight is 422 g/mol. The molecule has 0 aromatic heterocycles. The molecule has 0 saturated heterocycles. The Labute approximate surface area is 189 Å². The van der Waals surface area contributed by atoms with Crippen molar-refractivity contribution in [2.75, 3.05) is 14.2 Å². The van der Waals surface area contributed by atoms with Crippen molar-refractivity contribution in [3.8, 4) is 22.6 Å². The Balaban J connectivity index is 1.53. The summed E-state index contributed by atoms with van der Waals surface area (Å²) in [5.41, 5.74) is 6.19. The largest absolute Gasteiger partial charge is 0.493 e. The Morgan fingerprint density at radius 2 is 1.50 bits per heavy atom. The molecule has 3 nitrogen and oxygen atoms in total. The normalized spacial score (nSPS) is 17.6. The highest BCUT2D eigenvalue weighted by molar-refractivity contribution is 5.90. The molecule has 4 aromatic carbocycles. The topological polar surface area (TPSA) is 30.8 Å². The van der Waals surface area contributed by atoms with E-state index < -0.39 is 0 Å². The summed E-state index contributed by atoms with van der Waals surface area (Å²) in [5, 5.41) is 2.27. The van der Waals surface area contributed by atoms with E-state index in [1.165, 1.54) is 22.3 Å². The van der Waals surface area contributed by atoms with Gasteiger partial charge in [-0.2, -0.15) is 0 Å². The summed E-state index contributed by atoms with van der Waals surface area (Å²) in [6.45, 7) is 2.32. The number of rotatable bonds is 4. The number of methoxy groups -OCH3 is 2. The number of nitrogens with zero attached hydrogens (tertiary/aromatic N) is 1. The van der Waals surface area contributed by atoms with Crippen molar-refractivity contribution >= 4 is 22.7 Å². The minimum atomic E-state index is 0.396. The lowest BCUT2D eigenvalue weighted by Crippen LogP contribution is -2.08. The molecule has 0 amide bonds. The number of benzene rings is 4. The molecule has 0 radical (unpaired) electrons. The van der Waals surface area contributed by atoms with Gasteiger partial charge in [0.1, 0.15) is 0 Å². The molecule has 2 unspecified atom stereocenters. The van der Waals surface area contributed by atoms with Crippen LogP contribution in [-0.4, -0.2) is 20.4 Å². The van der Waals surface area contributed by atoms with Gasteiger partial charge in [-0.1, -0.05) is 61.5 Å². The smallest absolute Gasteiger partial charge is 0.161 e. The second kappa shape index (κ2) is 8.51. The van der Waals surface area contributed by atoms with E-state index in [0.717, 1.165) is 34.4 Å². The average Bonchev–Trinajstić information content (AvgIpc) is 3.01. The summed E-state index contributed by atoms with van der Waals surface area (Å²) in [4.78, 5) is 4.71. The number of fused-ring (bicyclic) bond motifs is 2. The summed E-state index contributed by atoms with van der Waals surface area (Å²) in [7, 11) is 3.34. The van der Waals surface area contributed by atoms with Crippen LogP contribution in [0.1, 0.15) is 36.3 Å². The van der Waals surface area contributed by atoms with Gasteiger partial charge >= 0.3 is 0 Å². The van der Waals surface area contributed by atoms with E-state index >= 15 is 0 Å². The molecule has 0 N–H and O–H groups in total. The summed E-state index contributed by atoms with van der Waals surface area (Å²) in [6, 6.07) is 28.1. The van der Waals surface area contributed by atoms with Crippen LogP contribution in [0.2, 0.25) is 0 Å². The van der Waals surface area contributed by atoms with Gasteiger partial charge in [-0.05, 0) is 75.5 Å². The fourth-order valence-corrected chi connectivity index (χ4v) is 4.80. The van der Waals surface area contributed by atoms with Crippen molar-refractivity contribution in [1.82, 2.24) is 0 Å². The van der Waals surface area contributed by atoms with E-state index in [9.17, 15) is 0 Å². The Morgan fingerprint density at radius 1 is 0.750 bits per heavy atom. The molecular formula is C29H27NO2. The van der Waals surface area contributed by atoms with Crippen LogP contribution in [0.4, 0.5) is 5.69 Å². The molecule has 5 rings (SSSR count). The zero-order valence-electron chi connectivity index (χ0n) is 18.7. The molecule has 0 fully saturated rings. The summed E-state index contributed by atoms with van der Waals surface area (Å²) in [6.07, 6.45) is 3.02. The Hall–Kier alpha value is -3.59. The third-order valence-electron chi connectivity index (χ3n) is 6.61. The maximum absolute atomic E-state index is 5.50. The second-order valence-electron chi connectivity index (χ2n) is 8.40. The molecule has 1 aliphatic rings. The highest BCUT2D eigenvalue weighted by Crippen LogP contribution is 2.42. The molecule has 0 saturated carbocycles. The monoisotopic (exact) mass is 421 g/mol. The van der Waals surface area contributed by atoms with Crippen LogP contribution in [-0.2, 0) is 0 Å². The third-order valence-corrected chi connectivity index (χ3v) is 6.61. The third kappa shape index (κ3) is 3.64. The van der Waals surface area contributed by atoms with Crippen LogP contribution in [0.25, 0.3) is 21.9 Å². The molecule has 32 heavy (non-hydrogen) atoms. The van der Waals surface area contributed by atoms with E-state index in [1.807, 2.05) is 12.1 Å². The standard InChI is InChI=1S/C29H27NO2/c1-19-25(13-14-30-27-10-5-4-9-26(19)27)23-8-6-7-20(15-23)21-11-12-22-17-28(31-2)29(32-3)18-24(22)16-21/h4-12,14-19,25H,13H2,1-3H3. The van der Waals surface area contributed by atoms with Crippen molar-refractivity contribution in [1.29, 1.82) is 0 Å². The van der Waals surface area contributed by atoms with Gasteiger partial charge in [-0.3, -0.25) is 4.99 Å². The molecule has 2 atom stereocenters. The highest BCUT2D eigenvalue weighted by atomic mass is 16.5. The first-order valence-electron chi connectivity index (χ1n) is 11.1. The molecule has 1 aliphatic heterocycles. The Kier molecular flexibility index (Phi) is 5.40. The summed E-state index contributed by atoms with van der Waals surface area (Å²) < 4.78 is 11.0. The molecule has 0 aliphatic carbocycles. The van der Waals surface area contributed by atoms with Crippen LogP contribution < -0.4 is 9.47 Å². The van der Waals surface area contributed by atoms with Gasteiger partial charge in [0.2, 0.25) is 0 Å². The first-order valence-corrected chi connectivity index (χ1v) is 11.1. The summed E-state index contributed by atoms with van der Waals surface area (Å²) in [5.74, 6) is 2.29.